The van der Waals surface area contributed by atoms with Gasteiger partial charge in [-0.05, 0) is 39.7 Å². The summed E-state index contributed by atoms with van der Waals surface area (Å²) >= 11 is 0. The lowest BCUT2D eigenvalue weighted by atomic mass is 9.94. The number of rotatable bonds is 6. The molecule has 1 aromatic carbocycles. The second-order valence-corrected chi connectivity index (χ2v) is 6.60. The number of hydrogen-bond donors (Lipinski definition) is 0. The van der Waals surface area contributed by atoms with Gasteiger partial charge in [-0.1, -0.05) is 30.3 Å². The van der Waals surface area contributed by atoms with Gasteiger partial charge in [-0.15, -0.1) is 0 Å². The van der Waals surface area contributed by atoms with Crippen molar-refractivity contribution in [1.29, 1.82) is 0 Å². The maximum Gasteiger partial charge on any atom is 0.338 e. The molecule has 126 valence electrons. The number of hydrogen-bond acceptors (Lipinski definition) is 5. The van der Waals surface area contributed by atoms with Crippen molar-refractivity contribution in [3.8, 4) is 0 Å². The minimum Gasteiger partial charge on any atom is -0.464 e. The molecular weight excluding hydrogens is 296 g/mol. The Labute approximate surface area is 136 Å². The lowest BCUT2D eigenvalue weighted by Gasteiger charge is -2.23. The molecule has 2 rings (SSSR count). The van der Waals surface area contributed by atoms with E-state index in [1.54, 1.807) is 6.92 Å². The van der Waals surface area contributed by atoms with E-state index in [0.29, 0.717) is 13.0 Å². The van der Waals surface area contributed by atoms with Crippen molar-refractivity contribution >= 4 is 11.9 Å². The third-order valence-corrected chi connectivity index (χ3v) is 3.45. The summed E-state index contributed by atoms with van der Waals surface area (Å²) in [4.78, 5) is 24.3. The van der Waals surface area contributed by atoms with Crippen molar-refractivity contribution in [2.75, 3.05) is 6.61 Å². The molecule has 5 nitrogen and oxygen atoms in total. The predicted octanol–water partition coefficient (Wildman–Crippen LogP) is 2.52. The van der Waals surface area contributed by atoms with Crippen LogP contribution in [0, 0.1) is 5.92 Å². The minimum absolute atomic E-state index is 0.293. The molecule has 5 heteroatoms. The lowest BCUT2D eigenvalue weighted by molar-refractivity contribution is -0.160. The summed E-state index contributed by atoms with van der Waals surface area (Å²) in [7, 11) is 0. The molecule has 1 fully saturated rings. The van der Waals surface area contributed by atoms with E-state index in [-0.39, 0.29) is 5.97 Å². The van der Waals surface area contributed by atoms with E-state index in [1.165, 1.54) is 0 Å². The summed E-state index contributed by atoms with van der Waals surface area (Å²) < 4.78 is 15.9. The topological polar surface area (TPSA) is 65.1 Å². The van der Waals surface area contributed by atoms with Gasteiger partial charge in [0.1, 0.15) is 11.7 Å². The van der Waals surface area contributed by atoms with Crippen LogP contribution in [0.25, 0.3) is 0 Å². The molecule has 23 heavy (non-hydrogen) atoms. The first-order valence-corrected chi connectivity index (χ1v) is 7.90. The van der Waals surface area contributed by atoms with Crippen molar-refractivity contribution in [3.05, 3.63) is 35.9 Å². The van der Waals surface area contributed by atoms with E-state index in [2.05, 4.69) is 0 Å². The normalized spacial score (nSPS) is 21.4. The maximum atomic E-state index is 12.5. The highest BCUT2D eigenvalue weighted by Gasteiger charge is 2.54. The molecule has 1 aromatic rings. The molecule has 1 aliphatic heterocycles. The number of benzene rings is 1. The number of esters is 2. The first-order chi connectivity index (χ1) is 10.8. The molecule has 3 atom stereocenters. The van der Waals surface area contributed by atoms with Crippen LogP contribution in [0.2, 0.25) is 0 Å². The van der Waals surface area contributed by atoms with E-state index in [9.17, 15) is 9.59 Å². The zero-order chi connectivity index (χ0) is 17.0. The molecule has 1 saturated heterocycles. The zero-order valence-corrected chi connectivity index (χ0v) is 14.1. The van der Waals surface area contributed by atoms with Crippen molar-refractivity contribution in [3.63, 3.8) is 0 Å². The molecule has 0 saturated carbocycles. The SMILES string of the molecule is CCOC(=O)[C@H]1O[C@@H]1[C@H](Cc1ccccc1)C(=O)OC(C)(C)C. The van der Waals surface area contributed by atoms with Crippen LogP contribution in [0.1, 0.15) is 33.3 Å². The molecule has 0 aromatic heterocycles. The summed E-state index contributed by atoms with van der Waals surface area (Å²) in [5.74, 6) is -1.29. The van der Waals surface area contributed by atoms with Crippen LogP contribution in [-0.2, 0) is 30.2 Å². The summed E-state index contributed by atoms with van der Waals surface area (Å²) in [5, 5.41) is 0. The Kier molecular flexibility index (Phi) is 5.42. The summed E-state index contributed by atoms with van der Waals surface area (Å²) in [5.41, 5.74) is 0.418. The molecule has 1 heterocycles. The van der Waals surface area contributed by atoms with Gasteiger partial charge in [0.2, 0.25) is 0 Å². The van der Waals surface area contributed by atoms with Gasteiger partial charge in [-0.2, -0.15) is 0 Å². The minimum atomic E-state index is -0.670. The van der Waals surface area contributed by atoms with Gasteiger partial charge in [-0.3, -0.25) is 4.79 Å². The summed E-state index contributed by atoms with van der Waals surface area (Å²) in [6.07, 6.45) is -0.684. The van der Waals surface area contributed by atoms with Crippen LogP contribution in [0.15, 0.2) is 30.3 Å². The molecule has 0 spiro atoms. The molecule has 0 aliphatic carbocycles. The standard InChI is InChI=1S/C18H24O5/c1-5-21-17(20)15-14(22-15)13(16(19)23-18(2,3)4)11-12-9-7-6-8-10-12/h6-10,13-15H,5,11H2,1-4H3/t13-,14+,15-/m0/s1. The van der Waals surface area contributed by atoms with Crippen molar-refractivity contribution < 1.29 is 23.8 Å². The largest absolute Gasteiger partial charge is 0.464 e. The summed E-state index contributed by atoms with van der Waals surface area (Å²) in [6.45, 7) is 7.50. The average molecular weight is 320 g/mol. The first-order valence-electron chi connectivity index (χ1n) is 7.90. The Morgan fingerprint density at radius 3 is 2.43 bits per heavy atom. The molecule has 0 amide bonds. The van der Waals surface area contributed by atoms with Crippen LogP contribution in [0.3, 0.4) is 0 Å². The molecule has 0 bridgehead atoms. The van der Waals surface area contributed by atoms with Crippen molar-refractivity contribution in [2.45, 2.75) is 51.9 Å². The zero-order valence-electron chi connectivity index (χ0n) is 14.1. The summed E-state index contributed by atoms with van der Waals surface area (Å²) in [6, 6.07) is 9.63. The smallest absolute Gasteiger partial charge is 0.338 e. The van der Waals surface area contributed by atoms with Gasteiger partial charge in [0.25, 0.3) is 0 Å². The second kappa shape index (κ2) is 7.13. The van der Waals surface area contributed by atoms with Gasteiger partial charge >= 0.3 is 11.9 Å². The molecule has 0 radical (unpaired) electrons. The predicted molar refractivity (Wildman–Crippen MR) is 84.8 cm³/mol. The third-order valence-electron chi connectivity index (χ3n) is 3.45. The fourth-order valence-electron chi connectivity index (χ4n) is 2.42. The maximum absolute atomic E-state index is 12.5. The monoisotopic (exact) mass is 320 g/mol. The van der Waals surface area contributed by atoms with Crippen molar-refractivity contribution in [1.82, 2.24) is 0 Å². The Bertz CT molecular complexity index is 546. The van der Waals surface area contributed by atoms with Gasteiger partial charge in [0.15, 0.2) is 6.10 Å². The highest BCUT2D eigenvalue weighted by molar-refractivity contribution is 5.82. The molecule has 0 unspecified atom stereocenters. The quantitative estimate of drug-likeness (QED) is 0.595. The molecular formula is C18H24O5. The van der Waals surface area contributed by atoms with E-state index < -0.39 is 29.7 Å². The van der Waals surface area contributed by atoms with Crippen LogP contribution in [-0.4, -0.2) is 36.4 Å². The Hall–Kier alpha value is -1.88. The van der Waals surface area contributed by atoms with Gasteiger partial charge in [-0.25, -0.2) is 4.79 Å². The van der Waals surface area contributed by atoms with Crippen LogP contribution in [0.5, 0.6) is 0 Å². The number of ether oxygens (including phenoxy) is 3. The highest BCUT2D eigenvalue weighted by atomic mass is 16.6. The average Bonchev–Trinajstić information content (AvgIpc) is 3.24. The van der Waals surface area contributed by atoms with E-state index in [1.807, 2.05) is 51.1 Å². The highest BCUT2D eigenvalue weighted by Crippen LogP contribution is 2.34. The Balaban J connectivity index is 2.09. The number of carbonyl (C=O) groups excluding carboxylic acids is 2. The third kappa shape index (κ3) is 5.06. The fraction of sp³-hybridized carbons (Fsp3) is 0.556. The van der Waals surface area contributed by atoms with E-state index in [0.717, 1.165) is 5.56 Å². The lowest BCUT2D eigenvalue weighted by Crippen LogP contribution is -2.34. The van der Waals surface area contributed by atoms with Crippen LogP contribution < -0.4 is 0 Å². The van der Waals surface area contributed by atoms with Gasteiger partial charge in [0, 0.05) is 0 Å². The molecule has 1 aliphatic rings. The Morgan fingerprint density at radius 1 is 1.22 bits per heavy atom. The number of epoxide rings is 1. The van der Waals surface area contributed by atoms with E-state index >= 15 is 0 Å². The second-order valence-electron chi connectivity index (χ2n) is 6.60. The van der Waals surface area contributed by atoms with Gasteiger partial charge < -0.3 is 14.2 Å². The Morgan fingerprint density at radius 2 is 1.87 bits per heavy atom. The van der Waals surface area contributed by atoms with Crippen LogP contribution in [0.4, 0.5) is 0 Å². The van der Waals surface area contributed by atoms with E-state index in [4.69, 9.17) is 14.2 Å². The first kappa shape index (κ1) is 17.5. The van der Waals surface area contributed by atoms with Crippen molar-refractivity contribution in [2.24, 2.45) is 5.92 Å². The number of carbonyl (C=O) groups is 2. The van der Waals surface area contributed by atoms with Gasteiger partial charge in [0.05, 0.1) is 12.5 Å². The fourth-order valence-corrected chi connectivity index (χ4v) is 2.42. The molecule has 0 N–H and O–H groups in total. The van der Waals surface area contributed by atoms with Crippen LogP contribution >= 0.6 is 0 Å².